The number of hydrogen-bond acceptors (Lipinski definition) is 2. The molecule has 70 valence electrons. The first-order valence-corrected chi connectivity index (χ1v) is 4.66. The average molecular weight is 172 g/mol. The molecule has 0 radical (unpaired) electrons. The van der Waals surface area contributed by atoms with E-state index in [9.17, 15) is 5.21 Å². The van der Waals surface area contributed by atoms with Crippen LogP contribution in [0, 0.1) is 5.21 Å². The first kappa shape index (κ1) is 9.29. The summed E-state index contributed by atoms with van der Waals surface area (Å²) < 4.78 is 0. The van der Waals surface area contributed by atoms with Crippen LogP contribution in [0.15, 0.2) is 5.28 Å². The summed E-state index contributed by atoms with van der Waals surface area (Å²) in [6.07, 6.45) is 7.59. The fourth-order valence-corrected chi connectivity index (χ4v) is 1.73. The summed E-state index contributed by atoms with van der Waals surface area (Å²) in [5, 5.41) is 21.9. The van der Waals surface area contributed by atoms with Crippen LogP contribution in [0.4, 0.5) is 0 Å². The lowest BCUT2D eigenvalue weighted by molar-refractivity contribution is -0.593. The predicted octanol–water partition coefficient (Wildman–Crippen LogP) is 2.45. The highest BCUT2D eigenvalue weighted by Gasteiger charge is 2.19. The Morgan fingerprint density at radius 3 is 2.08 bits per heavy atom. The Balaban J connectivity index is 2.39. The summed E-state index contributed by atoms with van der Waals surface area (Å²) in [5.74, 6) is 0. The van der Waals surface area contributed by atoms with E-state index in [1.165, 1.54) is 19.3 Å². The summed E-state index contributed by atoms with van der Waals surface area (Å²) in [6, 6.07) is -0.0877. The van der Waals surface area contributed by atoms with Gasteiger partial charge >= 0.3 is 0 Å². The molecule has 1 N–H and O–H groups in total. The molecule has 0 bridgehead atoms. The lowest BCUT2D eigenvalue weighted by Crippen LogP contribution is -2.21. The van der Waals surface area contributed by atoms with Crippen molar-refractivity contribution in [3.63, 3.8) is 0 Å². The Labute approximate surface area is 72.4 Å². The van der Waals surface area contributed by atoms with E-state index in [0.717, 1.165) is 25.7 Å². The van der Waals surface area contributed by atoms with E-state index in [-0.39, 0.29) is 6.04 Å². The summed E-state index contributed by atoms with van der Waals surface area (Å²) in [5.41, 5.74) is 0. The highest BCUT2D eigenvalue weighted by molar-refractivity contribution is 4.61. The Hall–Kier alpha value is -0.800. The van der Waals surface area contributed by atoms with Crippen LogP contribution < -0.4 is 0 Å². The predicted molar refractivity (Wildman–Crippen MR) is 43.9 cm³/mol. The molecular weight excluding hydrogens is 156 g/mol. The highest BCUT2D eigenvalue weighted by Crippen LogP contribution is 2.18. The van der Waals surface area contributed by atoms with Gasteiger partial charge in [-0.15, -0.1) is 0 Å². The molecule has 0 spiro atoms. The van der Waals surface area contributed by atoms with E-state index < -0.39 is 0 Å². The van der Waals surface area contributed by atoms with E-state index in [1.807, 2.05) is 0 Å². The summed E-state index contributed by atoms with van der Waals surface area (Å²) in [6.45, 7) is 0. The molecule has 0 aliphatic heterocycles. The minimum atomic E-state index is -0.0877. The van der Waals surface area contributed by atoms with Crippen molar-refractivity contribution in [2.24, 2.45) is 5.28 Å². The van der Waals surface area contributed by atoms with Crippen molar-refractivity contribution < 1.29 is 10.1 Å². The molecule has 0 atom stereocenters. The van der Waals surface area contributed by atoms with Gasteiger partial charge in [0.2, 0.25) is 0 Å². The molecule has 1 fully saturated rings. The molecule has 0 aromatic rings. The number of hydrogen-bond donors (Lipinski definition) is 1. The largest absolute Gasteiger partial charge is 0.597 e. The summed E-state index contributed by atoms with van der Waals surface area (Å²) >= 11 is 0. The van der Waals surface area contributed by atoms with Crippen LogP contribution in [0.1, 0.15) is 44.9 Å². The zero-order chi connectivity index (χ0) is 8.81. The molecule has 1 rings (SSSR count). The molecule has 12 heavy (non-hydrogen) atoms. The first-order valence-electron chi connectivity index (χ1n) is 4.66. The molecule has 0 amide bonds. The highest BCUT2D eigenvalue weighted by atomic mass is 16.6. The van der Waals surface area contributed by atoms with Gasteiger partial charge in [-0.05, 0) is 12.8 Å². The molecule has 4 heteroatoms. The minimum absolute atomic E-state index is 0.0877. The Morgan fingerprint density at radius 2 is 1.58 bits per heavy atom. The van der Waals surface area contributed by atoms with E-state index >= 15 is 0 Å². The fraction of sp³-hybridized carbons (Fsp3) is 1.00. The van der Waals surface area contributed by atoms with E-state index in [1.54, 1.807) is 0 Å². The second-order valence-corrected chi connectivity index (χ2v) is 3.39. The molecule has 1 aliphatic carbocycles. The van der Waals surface area contributed by atoms with Crippen molar-refractivity contribution in [1.29, 1.82) is 0 Å². The number of hydroxylamine groups is 1. The number of rotatable bonds is 1. The maximum atomic E-state index is 10.9. The van der Waals surface area contributed by atoms with E-state index in [2.05, 4.69) is 5.28 Å². The zero-order valence-corrected chi connectivity index (χ0v) is 7.28. The van der Waals surface area contributed by atoms with Crippen molar-refractivity contribution in [1.82, 2.24) is 0 Å². The lowest BCUT2D eigenvalue weighted by atomic mass is 9.97. The van der Waals surface area contributed by atoms with E-state index in [0.29, 0.717) is 4.86 Å². The maximum Gasteiger partial charge on any atom is 0.197 e. The van der Waals surface area contributed by atoms with Gasteiger partial charge < -0.3 is 10.4 Å². The third-order valence-corrected chi connectivity index (χ3v) is 2.48. The first-order chi connectivity index (χ1) is 5.84. The Bertz CT molecular complexity index is 151. The summed E-state index contributed by atoms with van der Waals surface area (Å²) in [4.78, 5) is 0.450. The van der Waals surface area contributed by atoms with E-state index in [4.69, 9.17) is 5.21 Å². The van der Waals surface area contributed by atoms with Crippen LogP contribution in [0.5, 0.6) is 0 Å². The molecule has 0 heterocycles. The van der Waals surface area contributed by atoms with Crippen LogP contribution in [0.2, 0.25) is 0 Å². The van der Waals surface area contributed by atoms with Crippen molar-refractivity contribution in [2.75, 3.05) is 0 Å². The Morgan fingerprint density at radius 1 is 1.08 bits per heavy atom. The third-order valence-electron chi connectivity index (χ3n) is 2.48. The standard InChI is InChI=1S/C8H16N2O2/c11-9-10(12)8-6-4-2-1-3-5-7-8/h8,11H,1-7H2. The van der Waals surface area contributed by atoms with Crippen molar-refractivity contribution in [3.8, 4) is 0 Å². The number of nitrogens with zero attached hydrogens (tertiary/aromatic N) is 2. The molecular formula is C8H16N2O2. The van der Waals surface area contributed by atoms with Crippen molar-refractivity contribution in [2.45, 2.75) is 51.0 Å². The molecule has 0 aromatic carbocycles. The fourth-order valence-electron chi connectivity index (χ4n) is 1.73. The van der Waals surface area contributed by atoms with Gasteiger partial charge in [0.25, 0.3) is 0 Å². The molecule has 0 aromatic heterocycles. The lowest BCUT2D eigenvalue weighted by Gasteiger charge is -2.15. The monoisotopic (exact) mass is 172 g/mol. The summed E-state index contributed by atoms with van der Waals surface area (Å²) in [7, 11) is 0. The van der Waals surface area contributed by atoms with Crippen LogP contribution in [0.25, 0.3) is 0 Å². The SMILES string of the molecule is [O-][N+](=NO)C1CCCCCCC1. The molecule has 1 aliphatic rings. The smallest absolute Gasteiger partial charge is 0.197 e. The van der Waals surface area contributed by atoms with Gasteiger partial charge in [0, 0.05) is 12.8 Å². The van der Waals surface area contributed by atoms with Crippen LogP contribution >= 0.6 is 0 Å². The van der Waals surface area contributed by atoms with Gasteiger partial charge in [-0.2, -0.15) is 0 Å². The van der Waals surface area contributed by atoms with Crippen molar-refractivity contribution >= 4 is 0 Å². The second kappa shape index (κ2) is 4.95. The van der Waals surface area contributed by atoms with Gasteiger partial charge in [0.05, 0.1) is 0 Å². The Kier molecular flexibility index (Phi) is 3.84. The van der Waals surface area contributed by atoms with Gasteiger partial charge in [0.1, 0.15) is 0 Å². The molecule has 0 saturated heterocycles. The maximum absolute atomic E-state index is 10.9. The molecule has 0 unspecified atom stereocenters. The normalized spacial score (nSPS) is 23.2. The molecule has 4 nitrogen and oxygen atoms in total. The van der Waals surface area contributed by atoms with Gasteiger partial charge in [-0.3, -0.25) is 0 Å². The second-order valence-electron chi connectivity index (χ2n) is 3.39. The van der Waals surface area contributed by atoms with Crippen LogP contribution in [0.3, 0.4) is 0 Å². The third kappa shape index (κ3) is 2.68. The average Bonchev–Trinajstić information content (AvgIpc) is 2.02. The van der Waals surface area contributed by atoms with Gasteiger partial charge in [-0.25, -0.2) is 0 Å². The minimum Gasteiger partial charge on any atom is -0.597 e. The zero-order valence-electron chi connectivity index (χ0n) is 7.28. The quantitative estimate of drug-likeness (QED) is 0.375. The van der Waals surface area contributed by atoms with Gasteiger partial charge in [0.15, 0.2) is 11.3 Å². The topological polar surface area (TPSA) is 58.7 Å². The van der Waals surface area contributed by atoms with Crippen molar-refractivity contribution in [3.05, 3.63) is 5.21 Å². The van der Waals surface area contributed by atoms with Crippen LogP contribution in [-0.4, -0.2) is 16.1 Å². The molecule has 1 saturated carbocycles. The van der Waals surface area contributed by atoms with Crippen LogP contribution in [-0.2, 0) is 0 Å². The van der Waals surface area contributed by atoms with Gasteiger partial charge in [-0.1, -0.05) is 24.1 Å².